The number of piperazine rings is 1. The number of piperidine rings is 1. The number of hydrogen-bond donors (Lipinski definition) is 1. The molecule has 124 valence electrons. The van der Waals surface area contributed by atoms with Gasteiger partial charge in [0.1, 0.15) is 0 Å². The quantitative estimate of drug-likeness (QED) is 0.772. The van der Waals surface area contributed by atoms with E-state index in [1.807, 2.05) is 0 Å². The second kappa shape index (κ2) is 7.38. The van der Waals surface area contributed by atoms with E-state index in [1.165, 1.54) is 52.1 Å². The van der Waals surface area contributed by atoms with Crippen molar-refractivity contribution in [2.75, 3.05) is 73.5 Å². The van der Waals surface area contributed by atoms with Gasteiger partial charge in [0.15, 0.2) is 0 Å². The van der Waals surface area contributed by atoms with Gasteiger partial charge in [0.05, 0.1) is 0 Å². The van der Waals surface area contributed by atoms with E-state index in [2.05, 4.69) is 47.7 Å². The Kier molecular flexibility index (Phi) is 6.03. The Hall–Kier alpha value is -0.200. The number of hydrogen-bond acceptors (Lipinski definition) is 5. The van der Waals surface area contributed by atoms with Crippen LogP contribution < -0.4 is 5.73 Å². The van der Waals surface area contributed by atoms with E-state index in [4.69, 9.17) is 5.73 Å². The van der Waals surface area contributed by atoms with Crippen LogP contribution >= 0.6 is 0 Å². The monoisotopic (exact) mass is 297 g/mol. The van der Waals surface area contributed by atoms with Crippen molar-refractivity contribution in [1.29, 1.82) is 0 Å². The van der Waals surface area contributed by atoms with Crippen molar-refractivity contribution in [3.63, 3.8) is 0 Å². The first kappa shape index (κ1) is 17.2. The molecule has 2 unspecified atom stereocenters. The van der Waals surface area contributed by atoms with E-state index in [1.54, 1.807) is 0 Å². The first-order valence-electron chi connectivity index (χ1n) is 8.49. The average Bonchev–Trinajstić information content (AvgIpc) is 2.49. The zero-order valence-corrected chi connectivity index (χ0v) is 14.5. The van der Waals surface area contributed by atoms with Gasteiger partial charge < -0.3 is 15.5 Å². The topological polar surface area (TPSA) is 39.0 Å². The minimum absolute atomic E-state index is 0.250. The summed E-state index contributed by atoms with van der Waals surface area (Å²) in [5.41, 5.74) is 6.48. The Bertz CT molecular complexity index is 314. The molecule has 2 fully saturated rings. The molecule has 5 nitrogen and oxygen atoms in total. The third kappa shape index (κ3) is 4.17. The van der Waals surface area contributed by atoms with Crippen LogP contribution in [0.2, 0.25) is 0 Å². The molecule has 2 N–H and O–H groups in total. The molecule has 2 saturated heterocycles. The molecule has 0 aromatic rings. The molecule has 0 aromatic carbocycles. The predicted molar refractivity (Wildman–Crippen MR) is 89.7 cm³/mol. The zero-order valence-electron chi connectivity index (χ0n) is 14.5. The first-order chi connectivity index (χ1) is 9.97. The summed E-state index contributed by atoms with van der Waals surface area (Å²) in [5.74, 6) is 0. The highest BCUT2D eigenvalue weighted by atomic mass is 15.3. The highest BCUT2D eigenvalue weighted by molar-refractivity contribution is 5.00. The third-order valence-electron chi connectivity index (χ3n) is 5.64. The summed E-state index contributed by atoms with van der Waals surface area (Å²) in [6.07, 6.45) is 2.44. The molecule has 5 heteroatoms. The fraction of sp³-hybridized carbons (Fsp3) is 1.00. The van der Waals surface area contributed by atoms with Crippen molar-refractivity contribution in [3.05, 3.63) is 0 Å². The summed E-state index contributed by atoms with van der Waals surface area (Å²) in [5, 5.41) is 0. The van der Waals surface area contributed by atoms with Gasteiger partial charge in [-0.3, -0.25) is 9.80 Å². The second-order valence-electron chi connectivity index (χ2n) is 7.34. The van der Waals surface area contributed by atoms with Crippen molar-refractivity contribution >= 4 is 0 Å². The predicted octanol–water partition coefficient (Wildman–Crippen LogP) is -0.0228. The molecule has 2 atom stereocenters. The molecule has 0 aliphatic carbocycles. The Labute approximate surface area is 131 Å². The van der Waals surface area contributed by atoms with E-state index in [0.717, 1.165) is 13.1 Å². The minimum Gasteiger partial charge on any atom is -0.329 e. The lowest BCUT2D eigenvalue weighted by molar-refractivity contribution is -0.0180. The van der Waals surface area contributed by atoms with Crippen LogP contribution in [-0.2, 0) is 0 Å². The number of likely N-dealkylation sites (N-methyl/N-ethyl adjacent to an activating group) is 1. The van der Waals surface area contributed by atoms with Crippen molar-refractivity contribution in [3.8, 4) is 0 Å². The average molecular weight is 297 g/mol. The number of nitrogens with two attached hydrogens (primary N) is 1. The Balaban J connectivity index is 1.87. The molecule has 0 radical (unpaired) electrons. The van der Waals surface area contributed by atoms with Gasteiger partial charge in [0, 0.05) is 57.4 Å². The largest absolute Gasteiger partial charge is 0.329 e. The molecule has 2 aliphatic heterocycles. The molecule has 21 heavy (non-hydrogen) atoms. The maximum absolute atomic E-state index is 6.23. The summed E-state index contributed by atoms with van der Waals surface area (Å²) in [6, 6.07) is 0.647. The summed E-state index contributed by atoms with van der Waals surface area (Å²) < 4.78 is 0. The van der Waals surface area contributed by atoms with Crippen LogP contribution in [0.1, 0.15) is 19.8 Å². The van der Waals surface area contributed by atoms with Crippen LogP contribution in [0.4, 0.5) is 0 Å². The lowest BCUT2D eigenvalue weighted by atomic mass is 9.81. The van der Waals surface area contributed by atoms with E-state index in [-0.39, 0.29) is 5.54 Å². The third-order valence-corrected chi connectivity index (χ3v) is 5.64. The second-order valence-corrected chi connectivity index (χ2v) is 7.34. The van der Waals surface area contributed by atoms with E-state index in [9.17, 15) is 0 Å². The lowest BCUT2D eigenvalue weighted by Gasteiger charge is -2.52. The van der Waals surface area contributed by atoms with Gasteiger partial charge in [0.25, 0.3) is 0 Å². The number of nitrogens with zero attached hydrogens (tertiary/aromatic N) is 4. The van der Waals surface area contributed by atoms with E-state index >= 15 is 0 Å². The Morgan fingerprint density at radius 3 is 2.33 bits per heavy atom. The first-order valence-corrected chi connectivity index (χ1v) is 8.49. The molecule has 0 spiro atoms. The maximum Gasteiger partial charge on any atom is 0.0359 e. The minimum atomic E-state index is 0.250. The highest BCUT2D eigenvalue weighted by Crippen LogP contribution is 2.31. The molecule has 0 amide bonds. The fourth-order valence-electron chi connectivity index (χ4n) is 3.80. The smallest absolute Gasteiger partial charge is 0.0359 e. The summed E-state index contributed by atoms with van der Waals surface area (Å²) in [6.45, 7) is 11.4. The van der Waals surface area contributed by atoms with Gasteiger partial charge in [0.2, 0.25) is 0 Å². The summed E-state index contributed by atoms with van der Waals surface area (Å²) in [4.78, 5) is 10.0. The number of rotatable bonds is 5. The van der Waals surface area contributed by atoms with E-state index in [0.29, 0.717) is 6.04 Å². The van der Waals surface area contributed by atoms with Crippen molar-refractivity contribution in [2.24, 2.45) is 5.73 Å². The Morgan fingerprint density at radius 2 is 1.81 bits per heavy atom. The lowest BCUT2D eigenvalue weighted by Crippen LogP contribution is -2.64. The van der Waals surface area contributed by atoms with E-state index < -0.39 is 0 Å². The van der Waals surface area contributed by atoms with Gasteiger partial charge in [-0.05, 0) is 47.5 Å². The molecule has 0 aromatic heterocycles. The standard InChI is InChI=1S/C16H35N5/c1-15-13-16(14-17,5-6-19(15)4)21-11-9-20(10-12-21)8-7-18(2)3/h15H,5-14,17H2,1-4H3. The van der Waals surface area contributed by atoms with Crippen molar-refractivity contribution in [2.45, 2.75) is 31.3 Å². The van der Waals surface area contributed by atoms with Gasteiger partial charge in [-0.1, -0.05) is 0 Å². The van der Waals surface area contributed by atoms with Gasteiger partial charge in [-0.2, -0.15) is 0 Å². The molecular weight excluding hydrogens is 262 g/mol. The van der Waals surface area contributed by atoms with Gasteiger partial charge in [-0.25, -0.2) is 0 Å². The van der Waals surface area contributed by atoms with Crippen molar-refractivity contribution < 1.29 is 0 Å². The fourth-order valence-corrected chi connectivity index (χ4v) is 3.80. The van der Waals surface area contributed by atoms with Gasteiger partial charge >= 0.3 is 0 Å². The van der Waals surface area contributed by atoms with Crippen LogP contribution in [0.15, 0.2) is 0 Å². The van der Waals surface area contributed by atoms with Crippen molar-refractivity contribution in [1.82, 2.24) is 19.6 Å². The summed E-state index contributed by atoms with van der Waals surface area (Å²) in [7, 11) is 6.55. The zero-order chi connectivity index (χ0) is 15.5. The van der Waals surface area contributed by atoms with Crippen LogP contribution in [0.25, 0.3) is 0 Å². The molecule has 0 saturated carbocycles. The van der Waals surface area contributed by atoms with Crippen LogP contribution in [0, 0.1) is 0 Å². The van der Waals surface area contributed by atoms with Crippen LogP contribution in [0.3, 0.4) is 0 Å². The van der Waals surface area contributed by atoms with Crippen LogP contribution in [-0.4, -0.2) is 105 Å². The Morgan fingerprint density at radius 1 is 1.14 bits per heavy atom. The molecule has 2 aliphatic rings. The maximum atomic E-state index is 6.23. The molecule has 2 rings (SSSR count). The SMILES string of the molecule is CC1CC(CN)(N2CCN(CCN(C)C)CC2)CCN1C. The molecule has 0 bridgehead atoms. The summed E-state index contributed by atoms with van der Waals surface area (Å²) >= 11 is 0. The van der Waals surface area contributed by atoms with Gasteiger partial charge in [-0.15, -0.1) is 0 Å². The normalized spacial score (nSPS) is 33.7. The highest BCUT2D eigenvalue weighted by Gasteiger charge is 2.41. The van der Waals surface area contributed by atoms with Crippen LogP contribution in [0.5, 0.6) is 0 Å². The molecule has 2 heterocycles. The number of likely N-dealkylation sites (tertiary alicyclic amines) is 1. The molecular formula is C16H35N5.